The Kier molecular flexibility index (Phi) is 1.86. The zero-order valence-electron chi connectivity index (χ0n) is 6.77. The number of thiophene rings is 1. The molecule has 0 saturated heterocycles. The first-order valence-electron chi connectivity index (χ1n) is 3.70. The van der Waals surface area contributed by atoms with Crippen molar-refractivity contribution in [3.05, 3.63) is 24.4 Å². The molecule has 0 fully saturated rings. The minimum absolute atomic E-state index is 0.282. The molecule has 0 aliphatic heterocycles. The van der Waals surface area contributed by atoms with Crippen LogP contribution in [-0.4, -0.2) is 9.97 Å². The van der Waals surface area contributed by atoms with Crippen molar-refractivity contribution in [1.82, 2.24) is 9.97 Å². The molecule has 0 unspecified atom stereocenters. The monoisotopic (exact) mass is 192 g/mol. The van der Waals surface area contributed by atoms with Gasteiger partial charge in [0.2, 0.25) is 5.95 Å². The predicted molar refractivity (Wildman–Crippen MR) is 54.2 cm³/mol. The van der Waals surface area contributed by atoms with Crippen LogP contribution >= 0.6 is 11.3 Å². The van der Waals surface area contributed by atoms with Gasteiger partial charge in [0.15, 0.2) is 0 Å². The number of hydrogen-bond donors (Lipinski definition) is 2. The van der Waals surface area contributed by atoms with Crippen molar-refractivity contribution in [2.75, 3.05) is 11.5 Å². The Labute approximate surface area is 79.2 Å². The summed E-state index contributed by atoms with van der Waals surface area (Å²) in [7, 11) is 0. The van der Waals surface area contributed by atoms with Gasteiger partial charge in [0.05, 0.1) is 15.6 Å². The lowest BCUT2D eigenvalue weighted by Crippen LogP contribution is -1.93. The fourth-order valence-corrected chi connectivity index (χ4v) is 1.75. The van der Waals surface area contributed by atoms with E-state index in [-0.39, 0.29) is 5.95 Å². The highest BCUT2D eigenvalue weighted by atomic mass is 32.1. The molecule has 4 nitrogen and oxygen atoms in total. The van der Waals surface area contributed by atoms with E-state index in [1.165, 1.54) is 11.3 Å². The maximum absolute atomic E-state index is 5.60. The van der Waals surface area contributed by atoms with Gasteiger partial charge < -0.3 is 11.5 Å². The molecule has 66 valence electrons. The minimum atomic E-state index is 0.282. The molecule has 0 amide bonds. The Hall–Kier alpha value is -1.62. The first kappa shape index (κ1) is 8.00. The normalized spacial score (nSPS) is 10.2. The van der Waals surface area contributed by atoms with Crippen LogP contribution in [0, 0.1) is 0 Å². The van der Waals surface area contributed by atoms with Gasteiger partial charge in [0.25, 0.3) is 0 Å². The van der Waals surface area contributed by atoms with E-state index in [0.29, 0.717) is 0 Å². The van der Waals surface area contributed by atoms with E-state index in [1.807, 2.05) is 18.2 Å². The molecule has 0 spiro atoms. The molecule has 0 aliphatic rings. The fourth-order valence-electron chi connectivity index (χ4n) is 1.00. The summed E-state index contributed by atoms with van der Waals surface area (Å²) in [6.07, 6.45) is 1.63. The van der Waals surface area contributed by atoms with Crippen LogP contribution in [0.2, 0.25) is 0 Å². The topological polar surface area (TPSA) is 77.8 Å². The van der Waals surface area contributed by atoms with Crippen LogP contribution in [0.25, 0.3) is 10.6 Å². The quantitative estimate of drug-likeness (QED) is 0.715. The number of nitrogen functional groups attached to an aromatic ring is 2. The highest BCUT2D eigenvalue weighted by Crippen LogP contribution is 2.27. The minimum Gasteiger partial charge on any atom is -0.391 e. The summed E-state index contributed by atoms with van der Waals surface area (Å²) in [5, 5.41) is 0.771. The average molecular weight is 192 g/mol. The molecule has 2 rings (SSSR count). The van der Waals surface area contributed by atoms with Gasteiger partial charge in [0.1, 0.15) is 0 Å². The summed E-state index contributed by atoms with van der Waals surface area (Å²) < 4.78 is 0. The van der Waals surface area contributed by atoms with Gasteiger partial charge in [-0.3, -0.25) is 0 Å². The molecule has 0 aliphatic carbocycles. The lowest BCUT2D eigenvalue weighted by atomic mass is 10.3. The summed E-state index contributed by atoms with van der Waals surface area (Å²) in [6, 6.07) is 5.57. The molecule has 2 aromatic rings. The lowest BCUT2D eigenvalue weighted by Gasteiger charge is -1.95. The van der Waals surface area contributed by atoms with Gasteiger partial charge in [-0.2, -0.15) is 0 Å². The van der Waals surface area contributed by atoms with E-state index in [0.717, 1.165) is 15.6 Å². The van der Waals surface area contributed by atoms with Crippen LogP contribution in [0.4, 0.5) is 10.9 Å². The number of nitrogens with two attached hydrogens (primary N) is 2. The first-order valence-corrected chi connectivity index (χ1v) is 4.51. The van der Waals surface area contributed by atoms with E-state index >= 15 is 0 Å². The molecule has 5 heteroatoms. The third kappa shape index (κ3) is 1.59. The Morgan fingerprint density at radius 1 is 1.15 bits per heavy atom. The second kappa shape index (κ2) is 3.02. The van der Waals surface area contributed by atoms with Crippen LogP contribution in [0.1, 0.15) is 0 Å². The zero-order chi connectivity index (χ0) is 9.26. The Balaban J connectivity index is 2.46. The summed E-state index contributed by atoms with van der Waals surface area (Å²) >= 11 is 1.48. The number of hydrogen-bond acceptors (Lipinski definition) is 5. The Morgan fingerprint density at radius 3 is 2.62 bits per heavy atom. The standard InChI is InChI=1S/C8H8N4S/c9-7-2-1-6(13-7)5-3-4-11-8(10)12-5/h1-4H,9H2,(H2,10,11,12). The fraction of sp³-hybridized carbons (Fsp3) is 0. The first-order chi connectivity index (χ1) is 6.25. The van der Waals surface area contributed by atoms with E-state index in [2.05, 4.69) is 9.97 Å². The molecule has 0 aromatic carbocycles. The number of rotatable bonds is 1. The number of anilines is 2. The van der Waals surface area contributed by atoms with Crippen molar-refractivity contribution in [1.29, 1.82) is 0 Å². The van der Waals surface area contributed by atoms with Crippen LogP contribution in [0.5, 0.6) is 0 Å². The third-order valence-corrected chi connectivity index (χ3v) is 2.49. The highest BCUT2D eigenvalue weighted by molar-refractivity contribution is 7.19. The van der Waals surface area contributed by atoms with Crippen LogP contribution in [0.15, 0.2) is 24.4 Å². The summed E-state index contributed by atoms with van der Waals surface area (Å²) in [6.45, 7) is 0. The average Bonchev–Trinajstić information content (AvgIpc) is 2.52. The van der Waals surface area contributed by atoms with E-state index in [1.54, 1.807) is 6.20 Å². The molecule has 13 heavy (non-hydrogen) atoms. The Bertz CT molecular complexity index is 424. The molecule has 2 heterocycles. The number of nitrogens with zero attached hydrogens (tertiary/aromatic N) is 2. The van der Waals surface area contributed by atoms with Crippen LogP contribution in [-0.2, 0) is 0 Å². The molecule has 2 aromatic heterocycles. The van der Waals surface area contributed by atoms with Crippen molar-refractivity contribution in [2.45, 2.75) is 0 Å². The summed E-state index contributed by atoms with van der Waals surface area (Å²) in [5.41, 5.74) is 11.9. The summed E-state index contributed by atoms with van der Waals surface area (Å²) in [5.74, 6) is 0.282. The molecule has 0 bridgehead atoms. The lowest BCUT2D eigenvalue weighted by molar-refractivity contribution is 1.19. The van der Waals surface area contributed by atoms with Gasteiger partial charge >= 0.3 is 0 Å². The van der Waals surface area contributed by atoms with E-state index < -0.39 is 0 Å². The highest BCUT2D eigenvalue weighted by Gasteiger charge is 2.02. The molecular formula is C8H8N4S. The van der Waals surface area contributed by atoms with Crippen LogP contribution in [0.3, 0.4) is 0 Å². The maximum atomic E-state index is 5.60. The second-order valence-electron chi connectivity index (χ2n) is 2.50. The molecule has 0 radical (unpaired) electrons. The number of aromatic nitrogens is 2. The molecule has 0 atom stereocenters. The van der Waals surface area contributed by atoms with Crippen molar-refractivity contribution < 1.29 is 0 Å². The van der Waals surface area contributed by atoms with Gasteiger partial charge in [-0.05, 0) is 18.2 Å². The third-order valence-electron chi connectivity index (χ3n) is 1.55. The molecule has 0 saturated carbocycles. The smallest absolute Gasteiger partial charge is 0.220 e. The maximum Gasteiger partial charge on any atom is 0.220 e. The van der Waals surface area contributed by atoms with Crippen molar-refractivity contribution in [3.63, 3.8) is 0 Å². The largest absolute Gasteiger partial charge is 0.391 e. The Morgan fingerprint density at radius 2 is 2.00 bits per heavy atom. The SMILES string of the molecule is Nc1nccc(-c2ccc(N)s2)n1. The molecule has 4 N–H and O–H groups in total. The van der Waals surface area contributed by atoms with Crippen molar-refractivity contribution in [2.24, 2.45) is 0 Å². The molecular weight excluding hydrogens is 184 g/mol. The predicted octanol–water partition coefficient (Wildman–Crippen LogP) is 1.37. The van der Waals surface area contributed by atoms with Gasteiger partial charge in [-0.15, -0.1) is 11.3 Å². The van der Waals surface area contributed by atoms with Crippen molar-refractivity contribution in [3.8, 4) is 10.6 Å². The van der Waals surface area contributed by atoms with Gasteiger partial charge in [0, 0.05) is 6.20 Å². The van der Waals surface area contributed by atoms with Crippen LogP contribution < -0.4 is 11.5 Å². The van der Waals surface area contributed by atoms with Gasteiger partial charge in [-0.1, -0.05) is 0 Å². The second-order valence-corrected chi connectivity index (χ2v) is 3.62. The van der Waals surface area contributed by atoms with E-state index in [9.17, 15) is 0 Å². The van der Waals surface area contributed by atoms with E-state index in [4.69, 9.17) is 11.5 Å². The summed E-state index contributed by atoms with van der Waals surface area (Å²) in [4.78, 5) is 8.90. The van der Waals surface area contributed by atoms with Crippen molar-refractivity contribution >= 4 is 22.3 Å². The zero-order valence-corrected chi connectivity index (χ0v) is 7.58. The van der Waals surface area contributed by atoms with Gasteiger partial charge in [-0.25, -0.2) is 9.97 Å².